The van der Waals surface area contributed by atoms with Crippen LogP contribution in [0.5, 0.6) is 0 Å². The van der Waals surface area contributed by atoms with Gasteiger partial charge in [-0.3, -0.25) is 0 Å². The van der Waals surface area contributed by atoms with Crippen LogP contribution in [0.3, 0.4) is 0 Å². The highest BCUT2D eigenvalue weighted by atomic mass is 35.5. The van der Waals surface area contributed by atoms with Gasteiger partial charge < -0.3 is 4.74 Å². The van der Waals surface area contributed by atoms with E-state index in [1.807, 2.05) is 0 Å². The Balaban J connectivity index is 3.24. The molecule has 0 spiro atoms. The summed E-state index contributed by atoms with van der Waals surface area (Å²) < 4.78 is 77.2. The molecule has 0 amide bonds. The van der Waals surface area contributed by atoms with Crippen LogP contribution >= 0.6 is 23.2 Å². The van der Waals surface area contributed by atoms with Crippen LogP contribution < -0.4 is 0 Å². The molecule has 0 unspecified atom stereocenters. The standard InChI is InChI=1S/C5Cl2F6O/c6-4(10,11)3(5(7,12)13)1(8)2(9)14-3. The first kappa shape index (κ1) is 11.8. The van der Waals surface area contributed by atoms with Gasteiger partial charge in [0.05, 0.1) is 0 Å². The lowest BCUT2D eigenvalue weighted by Crippen LogP contribution is -2.62. The average Bonchev–Trinajstić information content (AvgIpc) is 1.93. The molecule has 0 aromatic carbocycles. The van der Waals surface area contributed by atoms with Gasteiger partial charge in [-0.05, 0) is 23.2 Å². The summed E-state index contributed by atoms with van der Waals surface area (Å²) in [5.74, 6) is -2.52. The van der Waals surface area contributed by atoms with E-state index in [4.69, 9.17) is 0 Å². The lowest BCUT2D eigenvalue weighted by molar-refractivity contribution is -0.257. The zero-order valence-corrected chi connectivity index (χ0v) is 7.44. The van der Waals surface area contributed by atoms with Crippen molar-refractivity contribution in [1.82, 2.24) is 0 Å². The molecule has 1 aliphatic rings. The summed E-state index contributed by atoms with van der Waals surface area (Å²) in [6.45, 7) is 0. The number of hydrogen-bond acceptors (Lipinski definition) is 1. The summed E-state index contributed by atoms with van der Waals surface area (Å²) in [5.41, 5.74) is -4.27. The molecule has 0 bridgehead atoms. The normalized spacial score (nSPS) is 21.7. The maximum absolute atomic E-state index is 12.5. The maximum Gasteiger partial charge on any atom is 0.375 e. The largest absolute Gasteiger partial charge is 0.438 e. The molecule has 0 N–H and O–H groups in total. The minimum absolute atomic E-state index is 2.19. The van der Waals surface area contributed by atoms with Crippen LogP contribution in [0.2, 0.25) is 0 Å². The van der Waals surface area contributed by atoms with Crippen LogP contribution in [0, 0.1) is 0 Å². The molecule has 1 heterocycles. The molecule has 82 valence electrons. The van der Waals surface area contributed by atoms with E-state index in [1.165, 1.54) is 0 Å². The fourth-order valence-electron chi connectivity index (χ4n) is 0.841. The van der Waals surface area contributed by atoms with Crippen LogP contribution in [0.25, 0.3) is 0 Å². The highest BCUT2D eigenvalue weighted by molar-refractivity contribution is 6.27. The number of hydrogen-bond donors (Lipinski definition) is 0. The molecule has 1 nitrogen and oxygen atoms in total. The first-order valence-electron chi connectivity index (χ1n) is 2.92. The van der Waals surface area contributed by atoms with E-state index in [2.05, 4.69) is 27.9 Å². The molecular formula is C5Cl2F6O. The zero-order valence-electron chi connectivity index (χ0n) is 5.93. The van der Waals surface area contributed by atoms with E-state index in [0.29, 0.717) is 0 Å². The van der Waals surface area contributed by atoms with Gasteiger partial charge in [0, 0.05) is 0 Å². The minimum Gasteiger partial charge on any atom is -0.438 e. The SMILES string of the molecule is FC1=C(F)C(C(F)(F)Cl)(C(F)(F)Cl)O1. The zero-order chi connectivity index (χ0) is 11.4. The molecule has 9 heteroatoms. The fraction of sp³-hybridized carbons (Fsp3) is 0.600. The first-order valence-corrected chi connectivity index (χ1v) is 3.68. The van der Waals surface area contributed by atoms with Crippen LogP contribution in [-0.4, -0.2) is 16.4 Å². The molecular weight excluding hydrogens is 261 g/mol. The smallest absolute Gasteiger partial charge is 0.375 e. The summed E-state index contributed by atoms with van der Waals surface area (Å²) in [5, 5.41) is -9.75. The van der Waals surface area contributed by atoms with Crippen molar-refractivity contribution in [1.29, 1.82) is 0 Å². The van der Waals surface area contributed by atoms with E-state index in [1.54, 1.807) is 0 Å². The molecule has 0 fully saturated rings. The van der Waals surface area contributed by atoms with Crippen molar-refractivity contribution in [3.05, 3.63) is 11.8 Å². The molecule has 0 aromatic rings. The van der Waals surface area contributed by atoms with E-state index >= 15 is 0 Å². The topological polar surface area (TPSA) is 9.23 Å². The van der Waals surface area contributed by atoms with Gasteiger partial charge in [-0.15, -0.1) is 0 Å². The quantitative estimate of drug-likeness (QED) is 0.545. The number of alkyl halides is 6. The van der Waals surface area contributed by atoms with Gasteiger partial charge in [-0.25, -0.2) is 0 Å². The van der Waals surface area contributed by atoms with E-state index in [9.17, 15) is 26.3 Å². The molecule has 14 heavy (non-hydrogen) atoms. The van der Waals surface area contributed by atoms with Gasteiger partial charge in [0.2, 0.25) is 5.83 Å². The van der Waals surface area contributed by atoms with Gasteiger partial charge in [0.1, 0.15) is 0 Å². The van der Waals surface area contributed by atoms with E-state index in [-0.39, 0.29) is 0 Å². The third-order valence-corrected chi connectivity index (χ3v) is 2.06. The van der Waals surface area contributed by atoms with Crippen molar-refractivity contribution in [3.8, 4) is 0 Å². The summed E-state index contributed by atoms with van der Waals surface area (Å²) in [7, 11) is 0. The molecule has 1 rings (SSSR count). The third kappa shape index (κ3) is 1.25. The monoisotopic (exact) mass is 260 g/mol. The lowest BCUT2D eigenvalue weighted by atomic mass is 9.99. The predicted octanol–water partition coefficient (Wildman–Crippen LogP) is 3.53. The van der Waals surface area contributed by atoms with Crippen molar-refractivity contribution >= 4 is 23.2 Å². The highest BCUT2D eigenvalue weighted by Crippen LogP contribution is 2.59. The van der Waals surface area contributed by atoms with Gasteiger partial charge >= 0.3 is 22.4 Å². The van der Waals surface area contributed by atoms with Crippen molar-refractivity contribution in [2.24, 2.45) is 0 Å². The summed E-state index contributed by atoms with van der Waals surface area (Å²) in [4.78, 5) is 0. The van der Waals surface area contributed by atoms with Gasteiger partial charge in [0.15, 0.2) is 0 Å². The van der Waals surface area contributed by atoms with Crippen molar-refractivity contribution in [2.75, 3.05) is 0 Å². The molecule has 0 aromatic heterocycles. The van der Waals surface area contributed by atoms with Gasteiger partial charge in [0.25, 0.3) is 0 Å². The minimum atomic E-state index is -4.88. The summed E-state index contributed by atoms with van der Waals surface area (Å²) in [6.07, 6.45) is 0. The molecule has 0 saturated heterocycles. The Morgan fingerprint density at radius 1 is 1.00 bits per heavy atom. The predicted molar refractivity (Wildman–Crippen MR) is 34.7 cm³/mol. The Morgan fingerprint density at radius 2 is 1.36 bits per heavy atom. The number of ether oxygens (including phenoxy) is 1. The first-order chi connectivity index (χ1) is 6.04. The Morgan fingerprint density at radius 3 is 1.43 bits per heavy atom. The van der Waals surface area contributed by atoms with Crippen molar-refractivity contribution in [3.63, 3.8) is 0 Å². The number of halogens is 8. The van der Waals surface area contributed by atoms with Crippen molar-refractivity contribution in [2.45, 2.75) is 16.4 Å². The summed E-state index contributed by atoms with van der Waals surface area (Å²) >= 11 is 8.35. The molecule has 0 atom stereocenters. The molecule has 0 saturated carbocycles. The Labute approximate surface area is 83.2 Å². The van der Waals surface area contributed by atoms with Crippen molar-refractivity contribution < 1.29 is 31.1 Å². The molecule has 0 aliphatic carbocycles. The van der Waals surface area contributed by atoms with Crippen LogP contribution in [0.15, 0.2) is 11.8 Å². The van der Waals surface area contributed by atoms with Crippen LogP contribution in [-0.2, 0) is 4.74 Å². The maximum atomic E-state index is 12.5. The fourth-order valence-corrected chi connectivity index (χ4v) is 1.37. The lowest BCUT2D eigenvalue weighted by Gasteiger charge is -2.42. The number of rotatable bonds is 2. The highest BCUT2D eigenvalue weighted by Gasteiger charge is 2.79. The Hall–Kier alpha value is -0.300. The second-order valence-corrected chi connectivity index (χ2v) is 3.32. The average molecular weight is 261 g/mol. The molecule has 1 aliphatic heterocycles. The Bertz CT molecular complexity index is 276. The van der Waals surface area contributed by atoms with E-state index < -0.39 is 28.2 Å². The summed E-state index contributed by atoms with van der Waals surface area (Å²) in [6, 6.07) is -2.19. The second kappa shape index (κ2) is 2.85. The second-order valence-electron chi connectivity index (χ2n) is 2.37. The van der Waals surface area contributed by atoms with Crippen LogP contribution in [0.1, 0.15) is 0 Å². The van der Waals surface area contributed by atoms with Crippen LogP contribution in [0.4, 0.5) is 26.3 Å². The van der Waals surface area contributed by atoms with Gasteiger partial charge in [-0.2, -0.15) is 26.3 Å². The third-order valence-electron chi connectivity index (χ3n) is 1.52. The Kier molecular flexibility index (Phi) is 2.40. The molecule has 0 radical (unpaired) electrons. The van der Waals surface area contributed by atoms with Gasteiger partial charge in [-0.1, -0.05) is 0 Å². The van der Waals surface area contributed by atoms with E-state index in [0.717, 1.165) is 0 Å².